The molecule has 0 spiro atoms. The Hall–Kier alpha value is -1.43. The normalized spacial score (nSPS) is 17.3. The number of hydrogen-bond acceptors (Lipinski definition) is 3. The molecule has 21 heavy (non-hydrogen) atoms. The molecule has 0 radical (unpaired) electrons. The molecule has 4 nitrogen and oxygen atoms in total. The molecule has 0 saturated heterocycles. The van der Waals surface area contributed by atoms with Gasteiger partial charge in [0.15, 0.2) is 0 Å². The van der Waals surface area contributed by atoms with Crippen molar-refractivity contribution in [1.82, 2.24) is 4.31 Å². The van der Waals surface area contributed by atoms with Gasteiger partial charge in [-0.15, -0.1) is 0 Å². The van der Waals surface area contributed by atoms with Crippen LogP contribution < -0.4 is 0 Å². The van der Waals surface area contributed by atoms with Gasteiger partial charge in [-0.1, -0.05) is 36.4 Å². The largest absolute Gasteiger partial charge is 0.391 e. The Balaban J connectivity index is 1.95. The molecule has 1 aliphatic carbocycles. The van der Waals surface area contributed by atoms with E-state index in [9.17, 15) is 13.5 Å². The lowest BCUT2D eigenvalue weighted by Crippen LogP contribution is -2.35. The Morgan fingerprint density at radius 3 is 2.57 bits per heavy atom. The van der Waals surface area contributed by atoms with Crippen molar-refractivity contribution in [2.45, 2.75) is 23.8 Å². The summed E-state index contributed by atoms with van der Waals surface area (Å²) in [5.74, 6) is 0.259. The van der Waals surface area contributed by atoms with E-state index in [4.69, 9.17) is 0 Å². The lowest BCUT2D eigenvalue weighted by atomic mass is 10.1. The van der Waals surface area contributed by atoms with Crippen LogP contribution in [0.4, 0.5) is 0 Å². The van der Waals surface area contributed by atoms with Crippen LogP contribution in [0.5, 0.6) is 0 Å². The zero-order valence-electron chi connectivity index (χ0n) is 11.9. The van der Waals surface area contributed by atoms with E-state index in [1.54, 1.807) is 12.1 Å². The molecule has 0 aliphatic heterocycles. The van der Waals surface area contributed by atoms with E-state index in [1.807, 2.05) is 30.3 Å². The van der Waals surface area contributed by atoms with Gasteiger partial charge in [-0.2, -0.15) is 4.31 Å². The van der Waals surface area contributed by atoms with Crippen molar-refractivity contribution in [2.75, 3.05) is 13.6 Å². The number of rotatable bonds is 5. The minimum Gasteiger partial charge on any atom is -0.391 e. The van der Waals surface area contributed by atoms with Gasteiger partial charge < -0.3 is 5.11 Å². The maximum absolute atomic E-state index is 12.7. The number of sulfonamides is 1. The fourth-order valence-electron chi connectivity index (χ4n) is 2.58. The average Bonchev–Trinajstić information content (AvgIpc) is 3.31. The third kappa shape index (κ3) is 2.81. The first-order valence-corrected chi connectivity index (χ1v) is 8.56. The molecule has 0 bridgehead atoms. The van der Waals surface area contributed by atoms with Gasteiger partial charge in [-0.3, -0.25) is 0 Å². The van der Waals surface area contributed by atoms with E-state index < -0.39 is 16.1 Å². The fourth-order valence-corrected chi connectivity index (χ4v) is 3.98. The average molecular weight is 305 g/mol. The van der Waals surface area contributed by atoms with Crippen LogP contribution in [0.2, 0.25) is 0 Å². The van der Waals surface area contributed by atoms with Crippen molar-refractivity contribution in [3.63, 3.8) is 0 Å². The second kappa shape index (κ2) is 5.40. The Kier molecular flexibility index (Phi) is 3.73. The maximum Gasteiger partial charge on any atom is 0.243 e. The summed E-state index contributed by atoms with van der Waals surface area (Å²) in [5, 5.41) is 11.6. The van der Waals surface area contributed by atoms with Crippen molar-refractivity contribution in [2.24, 2.45) is 5.92 Å². The van der Waals surface area contributed by atoms with Gasteiger partial charge >= 0.3 is 0 Å². The molecule has 1 aliphatic rings. The van der Waals surface area contributed by atoms with Crippen LogP contribution in [0.3, 0.4) is 0 Å². The molecular formula is C16H19NO3S. The van der Waals surface area contributed by atoms with Gasteiger partial charge in [0, 0.05) is 19.0 Å². The summed E-state index contributed by atoms with van der Waals surface area (Å²) < 4.78 is 26.7. The first kappa shape index (κ1) is 14.5. The minimum atomic E-state index is -3.59. The van der Waals surface area contributed by atoms with Gasteiger partial charge in [0.2, 0.25) is 10.0 Å². The maximum atomic E-state index is 12.7. The predicted molar refractivity (Wildman–Crippen MR) is 82.5 cm³/mol. The van der Waals surface area contributed by atoms with E-state index in [-0.39, 0.29) is 12.5 Å². The lowest BCUT2D eigenvalue weighted by molar-refractivity contribution is 0.131. The SMILES string of the molecule is CN(C[C@@H](O)C1CC1)S(=O)(=O)c1cccc2ccccc12. The molecule has 5 heteroatoms. The Labute approximate surface area is 125 Å². The molecule has 2 aromatic rings. The summed E-state index contributed by atoms with van der Waals surface area (Å²) >= 11 is 0. The lowest BCUT2D eigenvalue weighted by Gasteiger charge is -2.21. The summed E-state index contributed by atoms with van der Waals surface area (Å²) in [5.41, 5.74) is 0. The van der Waals surface area contributed by atoms with E-state index in [1.165, 1.54) is 11.4 Å². The van der Waals surface area contributed by atoms with Crippen molar-refractivity contribution in [1.29, 1.82) is 0 Å². The number of aliphatic hydroxyl groups is 1. The van der Waals surface area contributed by atoms with Gasteiger partial charge in [0.1, 0.15) is 0 Å². The van der Waals surface area contributed by atoms with E-state index in [2.05, 4.69) is 0 Å². The number of benzene rings is 2. The molecule has 112 valence electrons. The predicted octanol–water partition coefficient (Wildman–Crippen LogP) is 2.23. The molecule has 1 fully saturated rings. The first-order valence-electron chi connectivity index (χ1n) is 7.12. The molecule has 1 N–H and O–H groups in total. The third-order valence-electron chi connectivity index (χ3n) is 4.05. The molecule has 0 heterocycles. The van der Waals surface area contributed by atoms with Crippen LogP contribution >= 0.6 is 0 Å². The quantitative estimate of drug-likeness (QED) is 0.921. The highest BCUT2D eigenvalue weighted by atomic mass is 32.2. The van der Waals surface area contributed by atoms with Gasteiger partial charge in [0.05, 0.1) is 11.0 Å². The minimum absolute atomic E-state index is 0.149. The summed E-state index contributed by atoms with van der Waals surface area (Å²) in [7, 11) is -2.06. The first-order chi connectivity index (χ1) is 10.00. The van der Waals surface area contributed by atoms with Crippen LogP contribution in [0.1, 0.15) is 12.8 Å². The summed E-state index contributed by atoms with van der Waals surface area (Å²) in [4.78, 5) is 0.297. The van der Waals surface area contributed by atoms with Crippen molar-refractivity contribution in [3.05, 3.63) is 42.5 Å². The number of hydrogen-bond donors (Lipinski definition) is 1. The van der Waals surface area contributed by atoms with Gasteiger partial charge in [0.25, 0.3) is 0 Å². The topological polar surface area (TPSA) is 57.6 Å². The van der Waals surface area contributed by atoms with Gasteiger partial charge in [-0.05, 0) is 30.2 Å². The van der Waals surface area contributed by atoms with Gasteiger partial charge in [-0.25, -0.2) is 8.42 Å². The van der Waals surface area contributed by atoms with Crippen LogP contribution in [0, 0.1) is 5.92 Å². The number of fused-ring (bicyclic) bond motifs is 1. The van der Waals surface area contributed by atoms with Crippen LogP contribution in [0.15, 0.2) is 47.4 Å². The fraction of sp³-hybridized carbons (Fsp3) is 0.375. The molecule has 0 unspecified atom stereocenters. The van der Waals surface area contributed by atoms with Crippen LogP contribution in [-0.4, -0.2) is 37.5 Å². The highest BCUT2D eigenvalue weighted by molar-refractivity contribution is 7.89. The summed E-state index contributed by atoms with van der Waals surface area (Å²) in [6.07, 6.45) is 1.41. The number of aliphatic hydroxyl groups excluding tert-OH is 1. The van der Waals surface area contributed by atoms with Crippen molar-refractivity contribution in [3.8, 4) is 0 Å². The molecule has 1 atom stereocenters. The Bertz CT molecular complexity index is 748. The van der Waals surface area contributed by atoms with Crippen molar-refractivity contribution < 1.29 is 13.5 Å². The molecule has 1 saturated carbocycles. The zero-order valence-corrected chi connectivity index (χ0v) is 12.8. The smallest absolute Gasteiger partial charge is 0.243 e. The standard InChI is InChI=1S/C16H19NO3S/c1-17(11-15(18)13-9-10-13)21(19,20)16-8-4-6-12-5-2-3-7-14(12)16/h2-8,13,15,18H,9-11H2,1H3/t15-/m1/s1. The Morgan fingerprint density at radius 2 is 1.86 bits per heavy atom. The van der Waals surface area contributed by atoms with E-state index >= 15 is 0 Å². The second-order valence-corrected chi connectivity index (χ2v) is 7.68. The molecule has 2 aromatic carbocycles. The Morgan fingerprint density at radius 1 is 1.19 bits per heavy atom. The van der Waals surface area contributed by atoms with Crippen LogP contribution in [-0.2, 0) is 10.0 Å². The van der Waals surface area contributed by atoms with E-state index in [0.717, 1.165) is 18.2 Å². The summed E-state index contributed by atoms with van der Waals surface area (Å²) in [6, 6.07) is 12.7. The highest BCUT2D eigenvalue weighted by Gasteiger charge is 2.33. The molecule has 0 aromatic heterocycles. The second-order valence-electron chi connectivity index (χ2n) is 5.67. The molecule has 0 amide bonds. The third-order valence-corrected chi connectivity index (χ3v) is 5.93. The van der Waals surface area contributed by atoms with Crippen LogP contribution in [0.25, 0.3) is 10.8 Å². The molecule has 3 rings (SSSR count). The molecular weight excluding hydrogens is 286 g/mol. The summed E-state index contributed by atoms with van der Waals surface area (Å²) in [6.45, 7) is 0.149. The zero-order chi connectivity index (χ0) is 15.0. The number of nitrogens with zero attached hydrogens (tertiary/aromatic N) is 1. The van der Waals surface area contributed by atoms with E-state index in [0.29, 0.717) is 10.3 Å². The highest BCUT2D eigenvalue weighted by Crippen LogP contribution is 2.33. The number of likely N-dealkylation sites (N-methyl/N-ethyl adjacent to an activating group) is 1. The monoisotopic (exact) mass is 305 g/mol. The van der Waals surface area contributed by atoms with Crippen molar-refractivity contribution >= 4 is 20.8 Å².